The number of Topliss-reactive ketones (excluding diaryl/α,β-unsaturated/α-hetero) is 2. The molecule has 7 nitrogen and oxygen atoms in total. The number of carbonyl (C=O) groups excluding carboxylic acids is 4. The molecule has 37 heavy (non-hydrogen) atoms. The Labute approximate surface area is 210 Å². The summed E-state index contributed by atoms with van der Waals surface area (Å²) < 4.78 is 55.4. The number of nitrogens with zero attached hydrogens (tertiary/aromatic N) is 1. The van der Waals surface area contributed by atoms with Gasteiger partial charge in [-0.2, -0.15) is 0 Å². The normalized spacial score (nSPS) is 17.2. The van der Waals surface area contributed by atoms with Crippen molar-refractivity contribution in [2.75, 3.05) is 5.32 Å². The monoisotopic (exact) mass is 521 g/mol. The summed E-state index contributed by atoms with van der Waals surface area (Å²) in [5.41, 5.74) is -0.737. The molecule has 1 aliphatic heterocycles. The van der Waals surface area contributed by atoms with Crippen molar-refractivity contribution in [1.29, 1.82) is 0 Å². The summed E-state index contributed by atoms with van der Waals surface area (Å²) in [5.74, 6) is -6.54. The maximum Gasteiger partial charge on any atom is 0.293 e. The third-order valence-corrected chi connectivity index (χ3v) is 7.16. The van der Waals surface area contributed by atoms with Gasteiger partial charge in [0.15, 0.2) is 5.78 Å². The molecule has 1 aromatic heterocycles. The molecule has 2 N–H and O–H groups in total. The lowest BCUT2D eigenvalue weighted by Gasteiger charge is -2.46. The largest absolute Gasteiger partial charge is 0.340 e. The van der Waals surface area contributed by atoms with E-state index in [0.717, 1.165) is 0 Å². The number of fused-ring (bicyclic) bond motifs is 1. The number of anilines is 1. The molecule has 1 fully saturated rings. The minimum absolute atomic E-state index is 0.0116. The van der Waals surface area contributed by atoms with Crippen molar-refractivity contribution in [3.63, 3.8) is 0 Å². The van der Waals surface area contributed by atoms with Gasteiger partial charge in [-0.05, 0) is 49.9 Å². The number of carbonyl (C=O) groups is 4. The van der Waals surface area contributed by atoms with Gasteiger partial charge in [-0.3, -0.25) is 19.2 Å². The molecule has 1 saturated carbocycles. The Morgan fingerprint density at radius 1 is 1.11 bits per heavy atom. The van der Waals surface area contributed by atoms with Crippen molar-refractivity contribution in [2.24, 2.45) is 0 Å². The van der Waals surface area contributed by atoms with E-state index in [9.17, 15) is 36.7 Å². The van der Waals surface area contributed by atoms with Gasteiger partial charge in [0.2, 0.25) is 0 Å². The molecule has 1 aliphatic carbocycles. The number of aromatic nitrogens is 1. The van der Waals surface area contributed by atoms with Gasteiger partial charge in [-0.15, -0.1) is 0 Å². The van der Waals surface area contributed by atoms with Crippen LogP contribution in [0.1, 0.15) is 82.3 Å². The average molecular weight is 522 g/mol. The van der Waals surface area contributed by atoms with Crippen molar-refractivity contribution in [3.05, 3.63) is 51.8 Å². The predicted octanol–water partition coefficient (Wildman–Crippen LogP) is 4.69. The van der Waals surface area contributed by atoms with Crippen LogP contribution in [0, 0.1) is 13.8 Å². The predicted molar refractivity (Wildman–Crippen MR) is 126 cm³/mol. The molecule has 198 valence electrons. The van der Waals surface area contributed by atoms with E-state index < -0.39 is 54.1 Å². The number of ketones is 2. The second-order valence-corrected chi connectivity index (χ2v) is 9.73. The Kier molecular flexibility index (Phi) is 6.76. The van der Waals surface area contributed by atoms with Crippen molar-refractivity contribution < 1.29 is 36.7 Å². The van der Waals surface area contributed by atoms with Crippen molar-refractivity contribution in [1.82, 2.24) is 9.88 Å². The Hall–Kier alpha value is -3.50. The van der Waals surface area contributed by atoms with Gasteiger partial charge in [-0.25, -0.2) is 17.6 Å². The van der Waals surface area contributed by atoms with E-state index in [-0.39, 0.29) is 34.5 Å². The summed E-state index contributed by atoms with van der Waals surface area (Å²) in [5, 5.41) is 4.84. The van der Waals surface area contributed by atoms with Gasteiger partial charge in [0, 0.05) is 42.8 Å². The summed E-state index contributed by atoms with van der Waals surface area (Å²) in [6.45, 7) is 4.91. The first-order chi connectivity index (χ1) is 17.3. The minimum Gasteiger partial charge on any atom is -0.340 e. The van der Waals surface area contributed by atoms with Crippen molar-refractivity contribution in [3.8, 4) is 0 Å². The molecular formula is C26H27F4N3O4. The Morgan fingerprint density at radius 3 is 2.38 bits per heavy atom. The second-order valence-electron chi connectivity index (χ2n) is 9.73. The summed E-state index contributed by atoms with van der Waals surface area (Å²) in [4.78, 5) is 51.7. The highest BCUT2D eigenvalue weighted by atomic mass is 19.3. The molecule has 0 spiro atoms. The van der Waals surface area contributed by atoms with Gasteiger partial charge in [0.1, 0.15) is 11.2 Å². The SMILES string of the molecule is CCC(=O)C1(NC(=O)C(=O)c2c(C)c(C(=O)Nc3ccc(C)c(C(F)F)c3)n3c2CCC3)CC(F)(F)C1. The molecule has 2 aromatic rings. The number of nitrogens with one attached hydrogen (secondary N) is 2. The van der Waals surface area contributed by atoms with Crippen LogP contribution in [0.5, 0.6) is 0 Å². The first-order valence-electron chi connectivity index (χ1n) is 12.0. The summed E-state index contributed by atoms with van der Waals surface area (Å²) >= 11 is 0. The Balaban J connectivity index is 1.62. The maximum absolute atomic E-state index is 13.6. The van der Waals surface area contributed by atoms with Gasteiger partial charge in [0.25, 0.3) is 29.9 Å². The molecule has 2 heterocycles. The number of rotatable bonds is 8. The van der Waals surface area contributed by atoms with Crippen molar-refractivity contribution in [2.45, 2.75) is 77.3 Å². The zero-order chi connectivity index (χ0) is 27.3. The van der Waals surface area contributed by atoms with E-state index >= 15 is 0 Å². The highest BCUT2D eigenvalue weighted by molar-refractivity contribution is 6.44. The van der Waals surface area contributed by atoms with Crippen LogP contribution in [0.25, 0.3) is 0 Å². The lowest BCUT2D eigenvalue weighted by atomic mass is 9.69. The van der Waals surface area contributed by atoms with Gasteiger partial charge in [0.05, 0.1) is 5.56 Å². The summed E-state index contributed by atoms with van der Waals surface area (Å²) in [7, 11) is 0. The molecule has 0 bridgehead atoms. The number of hydrogen-bond donors (Lipinski definition) is 2. The molecule has 0 saturated heterocycles. The highest BCUT2D eigenvalue weighted by Gasteiger charge is 2.61. The average Bonchev–Trinajstić information content (AvgIpc) is 3.36. The first kappa shape index (κ1) is 26.6. The van der Waals surface area contributed by atoms with Crippen LogP contribution < -0.4 is 10.6 Å². The zero-order valence-electron chi connectivity index (χ0n) is 20.6. The molecule has 0 atom stereocenters. The Bertz CT molecular complexity index is 1310. The topological polar surface area (TPSA) is 97.3 Å². The van der Waals surface area contributed by atoms with Crippen LogP contribution in [0.4, 0.5) is 23.2 Å². The van der Waals surface area contributed by atoms with E-state index in [4.69, 9.17) is 0 Å². The zero-order valence-corrected chi connectivity index (χ0v) is 20.6. The summed E-state index contributed by atoms with van der Waals surface area (Å²) in [6, 6.07) is 4.13. The molecule has 4 rings (SSSR count). The fourth-order valence-electron chi connectivity index (χ4n) is 5.37. The molecule has 2 amide bonds. The lowest BCUT2D eigenvalue weighted by Crippen LogP contribution is -2.67. The van der Waals surface area contributed by atoms with E-state index in [1.165, 1.54) is 39.0 Å². The molecule has 11 heteroatoms. The quantitative estimate of drug-likeness (QED) is 0.299. The number of amides is 2. The fraction of sp³-hybridized carbons (Fsp3) is 0.462. The molecular weight excluding hydrogens is 494 g/mol. The number of benzene rings is 1. The number of aryl methyl sites for hydroxylation is 1. The van der Waals surface area contributed by atoms with E-state index in [0.29, 0.717) is 30.6 Å². The fourth-order valence-corrected chi connectivity index (χ4v) is 5.37. The number of alkyl halides is 4. The second kappa shape index (κ2) is 9.42. The minimum atomic E-state index is -3.11. The number of halogens is 4. The maximum atomic E-state index is 13.6. The first-order valence-corrected chi connectivity index (χ1v) is 12.0. The molecule has 0 radical (unpaired) electrons. The third kappa shape index (κ3) is 4.67. The van der Waals surface area contributed by atoms with Crippen LogP contribution in [0.2, 0.25) is 0 Å². The Morgan fingerprint density at radius 2 is 1.78 bits per heavy atom. The van der Waals surface area contributed by atoms with Crippen LogP contribution in [-0.4, -0.2) is 39.4 Å². The van der Waals surface area contributed by atoms with Crippen LogP contribution in [0.15, 0.2) is 18.2 Å². The van der Waals surface area contributed by atoms with Crippen LogP contribution in [-0.2, 0) is 22.6 Å². The van der Waals surface area contributed by atoms with Crippen LogP contribution in [0.3, 0.4) is 0 Å². The molecule has 2 aliphatic rings. The lowest BCUT2D eigenvalue weighted by molar-refractivity contribution is -0.163. The van der Waals surface area contributed by atoms with Crippen molar-refractivity contribution >= 4 is 29.1 Å². The molecule has 1 aromatic carbocycles. The van der Waals surface area contributed by atoms with E-state index in [2.05, 4.69) is 10.6 Å². The van der Waals surface area contributed by atoms with Crippen LogP contribution >= 0.6 is 0 Å². The third-order valence-electron chi connectivity index (χ3n) is 7.16. The smallest absolute Gasteiger partial charge is 0.293 e. The number of hydrogen-bond acceptors (Lipinski definition) is 4. The van der Waals surface area contributed by atoms with Gasteiger partial charge in [-0.1, -0.05) is 13.0 Å². The standard InChI is InChI=1S/C26H27F4N3O4/c1-4-18(34)25(11-26(29,30)12-25)32-24(37)21(35)19-14(3)20(33-9-5-6-17(19)33)23(36)31-15-8-7-13(2)16(10-15)22(27)28/h7-8,10,22H,4-6,9,11-12H2,1-3H3,(H,31,36)(H,32,37). The van der Waals surface area contributed by atoms with Gasteiger partial charge >= 0.3 is 0 Å². The highest BCUT2D eigenvalue weighted by Crippen LogP contribution is 2.46. The van der Waals surface area contributed by atoms with E-state index in [1.54, 1.807) is 4.57 Å². The molecule has 0 unspecified atom stereocenters. The summed E-state index contributed by atoms with van der Waals surface area (Å²) in [6.07, 6.45) is -3.55. The van der Waals surface area contributed by atoms with Gasteiger partial charge < -0.3 is 15.2 Å². The van der Waals surface area contributed by atoms with E-state index in [1.807, 2.05) is 0 Å².